The smallest absolute Gasteiger partial charge is 0.285 e. The van der Waals surface area contributed by atoms with E-state index in [1.807, 2.05) is 23.1 Å². The van der Waals surface area contributed by atoms with Crippen molar-refractivity contribution in [1.82, 2.24) is 24.1 Å². The van der Waals surface area contributed by atoms with Gasteiger partial charge in [0, 0.05) is 25.7 Å². The van der Waals surface area contributed by atoms with Crippen molar-refractivity contribution < 1.29 is 12.8 Å². The molecule has 10 nitrogen and oxygen atoms in total. The lowest BCUT2D eigenvalue weighted by atomic mass is 9.91. The fourth-order valence-corrected chi connectivity index (χ4v) is 6.41. The van der Waals surface area contributed by atoms with Crippen LogP contribution in [0.25, 0.3) is 11.2 Å². The molecule has 0 bridgehead atoms. The molecule has 1 aromatic carbocycles. The third-order valence-corrected chi connectivity index (χ3v) is 8.18. The Bertz CT molecular complexity index is 1620. The highest BCUT2D eigenvalue weighted by molar-refractivity contribution is 7.91. The second-order valence-electron chi connectivity index (χ2n) is 8.62. The van der Waals surface area contributed by atoms with Crippen LogP contribution in [0.2, 0.25) is 0 Å². The standard InChI is InChI=1S/C22H20FN7O3S/c23-15-5-7-30-18(15)21(31)29(12-25-30)17-4-2-1-3-14(17)9-13-10-28(11-13)20-19-16(26-22(24)27-20)6-8-34(19,32)33/h1-5,7,12-13H,6,8-11H2,(H2,24,26,27). The molecule has 174 valence electrons. The van der Waals surface area contributed by atoms with Gasteiger partial charge >= 0.3 is 0 Å². The zero-order chi connectivity index (χ0) is 23.6. The van der Waals surface area contributed by atoms with E-state index < -0.39 is 21.2 Å². The fraction of sp³-hybridized carbons (Fsp3) is 0.273. The van der Waals surface area contributed by atoms with Gasteiger partial charge < -0.3 is 10.6 Å². The molecule has 5 heterocycles. The van der Waals surface area contributed by atoms with Gasteiger partial charge in [-0.2, -0.15) is 10.1 Å². The van der Waals surface area contributed by atoms with Gasteiger partial charge in [-0.1, -0.05) is 18.2 Å². The van der Waals surface area contributed by atoms with Crippen molar-refractivity contribution in [2.75, 3.05) is 29.5 Å². The lowest BCUT2D eigenvalue weighted by Gasteiger charge is -2.41. The van der Waals surface area contributed by atoms with Gasteiger partial charge in [0.05, 0.1) is 17.1 Å². The van der Waals surface area contributed by atoms with E-state index in [2.05, 4.69) is 15.1 Å². The van der Waals surface area contributed by atoms with Crippen LogP contribution in [0.5, 0.6) is 0 Å². The maximum atomic E-state index is 14.1. The molecule has 3 aromatic heterocycles. The average molecular weight is 482 g/mol. The van der Waals surface area contributed by atoms with Gasteiger partial charge in [0.1, 0.15) is 11.2 Å². The summed E-state index contributed by atoms with van der Waals surface area (Å²) in [6.45, 7) is 1.18. The summed E-state index contributed by atoms with van der Waals surface area (Å²) in [5, 5.41) is 4.15. The zero-order valence-corrected chi connectivity index (χ0v) is 18.7. The number of para-hydroxylation sites is 1. The van der Waals surface area contributed by atoms with Crippen LogP contribution >= 0.6 is 0 Å². The van der Waals surface area contributed by atoms with Crippen molar-refractivity contribution in [3.05, 3.63) is 70.3 Å². The monoisotopic (exact) mass is 481 g/mol. The van der Waals surface area contributed by atoms with Crippen molar-refractivity contribution in [2.45, 2.75) is 17.7 Å². The Morgan fingerprint density at radius 3 is 2.76 bits per heavy atom. The SMILES string of the molecule is Nc1nc2c(c(N3CC(Cc4ccccc4-n4cnn5ccc(F)c5c4=O)C3)n1)S(=O)(=O)CC2. The summed E-state index contributed by atoms with van der Waals surface area (Å²) in [7, 11) is -3.41. The molecule has 0 spiro atoms. The molecule has 0 aliphatic carbocycles. The lowest BCUT2D eigenvalue weighted by Crippen LogP contribution is -2.48. The van der Waals surface area contributed by atoms with Crippen LogP contribution in [0.1, 0.15) is 11.3 Å². The maximum absolute atomic E-state index is 14.1. The van der Waals surface area contributed by atoms with Crippen LogP contribution in [-0.2, 0) is 22.7 Å². The summed E-state index contributed by atoms with van der Waals surface area (Å²) >= 11 is 0. The van der Waals surface area contributed by atoms with Crippen LogP contribution in [0.15, 0.2) is 52.5 Å². The van der Waals surface area contributed by atoms with Gasteiger partial charge in [0.25, 0.3) is 5.56 Å². The first-order chi connectivity index (χ1) is 16.3. The summed E-state index contributed by atoms with van der Waals surface area (Å²) in [5.74, 6) is 0.0479. The Morgan fingerprint density at radius 1 is 1.15 bits per heavy atom. The first kappa shape index (κ1) is 20.8. The lowest BCUT2D eigenvalue weighted by molar-refractivity contribution is 0.402. The molecule has 0 amide bonds. The molecule has 34 heavy (non-hydrogen) atoms. The summed E-state index contributed by atoms with van der Waals surface area (Å²) < 4.78 is 41.7. The highest BCUT2D eigenvalue weighted by Crippen LogP contribution is 2.37. The number of benzene rings is 1. The number of nitrogens with two attached hydrogens (primary N) is 1. The Kier molecular flexibility index (Phi) is 4.49. The number of halogens is 1. The molecule has 2 aliphatic rings. The number of rotatable bonds is 4. The van der Waals surface area contributed by atoms with E-state index in [1.54, 1.807) is 6.07 Å². The number of fused-ring (bicyclic) bond motifs is 2. The van der Waals surface area contributed by atoms with E-state index in [4.69, 9.17) is 5.73 Å². The highest BCUT2D eigenvalue weighted by Gasteiger charge is 2.38. The van der Waals surface area contributed by atoms with Gasteiger partial charge in [0.2, 0.25) is 5.95 Å². The van der Waals surface area contributed by atoms with Crippen molar-refractivity contribution in [3.63, 3.8) is 0 Å². The van der Waals surface area contributed by atoms with Gasteiger partial charge in [0.15, 0.2) is 27.0 Å². The molecule has 1 saturated heterocycles. The largest absolute Gasteiger partial charge is 0.368 e. The second-order valence-corrected chi connectivity index (χ2v) is 10.7. The molecule has 0 unspecified atom stereocenters. The summed E-state index contributed by atoms with van der Waals surface area (Å²) in [4.78, 5) is 23.4. The molecule has 6 rings (SSSR count). The quantitative estimate of drug-likeness (QED) is 0.457. The Balaban J connectivity index is 1.28. The second kappa shape index (κ2) is 7.35. The molecule has 12 heteroatoms. The van der Waals surface area contributed by atoms with Crippen LogP contribution in [0, 0.1) is 11.7 Å². The van der Waals surface area contributed by atoms with E-state index in [0.29, 0.717) is 43.1 Å². The average Bonchev–Trinajstić information content (AvgIpc) is 3.30. The van der Waals surface area contributed by atoms with Crippen LogP contribution in [0.4, 0.5) is 16.2 Å². The molecule has 0 radical (unpaired) electrons. The minimum absolute atomic E-state index is 0.0213. The van der Waals surface area contributed by atoms with Crippen molar-refractivity contribution >= 4 is 27.1 Å². The van der Waals surface area contributed by atoms with E-state index in [-0.39, 0.29) is 28.0 Å². The number of aryl methyl sites for hydroxylation is 1. The normalized spacial score (nSPS) is 17.1. The summed E-state index contributed by atoms with van der Waals surface area (Å²) in [5.41, 5.74) is 7.26. The number of aromatic nitrogens is 5. The number of nitrogen functional groups attached to an aromatic ring is 1. The van der Waals surface area contributed by atoms with E-state index in [1.165, 1.54) is 27.7 Å². The molecule has 0 saturated carbocycles. The molecule has 0 atom stereocenters. The Labute approximate surface area is 193 Å². The van der Waals surface area contributed by atoms with E-state index in [0.717, 1.165) is 5.56 Å². The van der Waals surface area contributed by atoms with Crippen LogP contribution < -0.4 is 16.2 Å². The minimum atomic E-state index is -3.41. The van der Waals surface area contributed by atoms with Gasteiger partial charge in [-0.05, 0) is 30.0 Å². The highest BCUT2D eigenvalue weighted by atomic mass is 32.2. The number of hydrogen-bond donors (Lipinski definition) is 1. The van der Waals surface area contributed by atoms with Crippen molar-refractivity contribution in [1.29, 1.82) is 0 Å². The third kappa shape index (κ3) is 3.16. The topological polar surface area (TPSA) is 128 Å². The molecular weight excluding hydrogens is 461 g/mol. The van der Waals surface area contributed by atoms with Gasteiger partial charge in [-0.15, -0.1) is 0 Å². The maximum Gasteiger partial charge on any atom is 0.285 e. The molecule has 4 aromatic rings. The van der Waals surface area contributed by atoms with Gasteiger partial charge in [-0.25, -0.2) is 22.3 Å². The number of sulfone groups is 1. The summed E-state index contributed by atoms with van der Waals surface area (Å²) in [6.07, 6.45) is 3.78. The van der Waals surface area contributed by atoms with E-state index >= 15 is 0 Å². The predicted octanol–water partition coefficient (Wildman–Crippen LogP) is 1.01. The molecule has 1 fully saturated rings. The Morgan fingerprint density at radius 2 is 1.94 bits per heavy atom. The van der Waals surface area contributed by atoms with Crippen LogP contribution in [-0.4, -0.2) is 51.4 Å². The summed E-state index contributed by atoms with van der Waals surface area (Å²) in [6, 6.07) is 8.63. The number of anilines is 2. The van der Waals surface area contributed by atoms with Gasteiger partial charge in [-0.3, -0.25) is 9.36 Å². The minimum Gasteiger partial charge on any atom is -0.368 e. The molecule has 2 aliphatic heterocycles. The van der Waals surface area contributed by atoms with Crippen molar-refractivity contribution in [2.24, 2.45) is 5.92 Å². The van der Waals surface area contributed by atoms with Crippen LogP contribution in [0.3, 0.4) is 0 Å². The molecule has 2 N–H and O–H groups in total. The third-order valence-electron chi connectivity index (χ3n) is 6.40. The Hall–Kier alpha value is -3.80. The number of hydrogen-bond acceptors (Lipinski definition) is 8. The first-order valence-electron chi connectivity index (χ1n) is 10.8. The van der Waals surface area contributed by atoms with E-state index in [9.17, 15) is 17.6 Å². The van der Waals surface area contributed by atoms with Crippen molar-refractivity contribution in [3.8, 4) is 5.69 Å². The number of nitrogens with zero attached hydrogens (tertiary/aromatic N) is 6. The predicted molar refractivity (Wildman–Crippen MR) is 122 cm³/mol. The first-order valence-corrected chi connectivity index (χ1v) is 12.4. The molecular formula is C22H20FN7O3S. The fourth-order valence-electron chi connectivity index (χ4n) is 4.78. The zero-order valence-electron chi connectivity index (χ0n) is 17.9.